The van der Waals surface area contributed by atoms with E-state index < -0.39 is 53.1 Å². The van der Waals surface area contributed by atoms with E-state index >= 15 is 0 Å². The molecule has 3 N–H and O–H groups in total. The number of carbonyl (C=O) groups is 4. The van der Waals surface area contributed by atoms with Gasteiger partial charge in [-0.25, -0.2) is 9.59 Å². The Morgan fingerprint density at radius 2 is 1.89 bits per heavy atom. The van der Waals surface area contributed by atoms with E-state index in [1.807, 2.05) is 12.2 Å². The summed E-state index contributed by atoms with van der Waals surface area (Å²) in [5.41, 5.74) is -1.84. The lowest BCUT2D eigenvalue weighted by Crippen LogP contribution is -2.51. The van der Waals surface area contributed by atoms with Crippen LogP contribution in [-0.4, -0.2) is 58.8 Å². The molecule has 1 heterocycles. The maximum Gasteiger partial charge on any atom is 0.408 e. The van der Waals surface area contributed by atoms with Crippen molar-refractivity contribution in [2.45, 2.75) is 102 Å². The first-order valence-corrected chi connectivity index (χ1v) is 12.8. The summed E-state index contributed by atoms with van der Waals surface area (Å²) in [6.45, 7) is 7.16. The molecule has 0 aromatic heterocycles. The lowest BCUT2D eigenvalue weighted by Gasteiger charge is -2.27. The van der Waals surface area contributed by atoms with Gasteiger partial charge < -0.3 is 25.2 Å². The van der Waals surface area contributed by atoms with Gasteiger partial charge in [-0.3, -0.25) is 9.59 Å². The summed E-state index contributed by atoms with van der Waals surface area (Å²) < 4.78 is 10.6. The lowest BCUT2D eigenvalue weighted by molar-refractivity contribution is -0.150. The van der Waals surface area contributed by atoms with Crippen molar-refractivity contribution in [2.75, 3.05) is 6.61 Å². The number of ketones is 1. The van der Waals surface area contributed by atoms with E-state index in [0.29, 0.717) is 12.8 Å². The molecule has 3 rings (SSSR count). The van der Waals surface area contributed by atoms with Gasteiger partial charge in [0, 0.05) is 11.8 Å². The molecule has 3 aliphatic rings. The molecule has 2 fully saturated rings. The normalized spacial score (nSPS) is 33.9. The van der Waals surface area contributed by atoms with Crippen LogP contribution in [0.1, 0.15) is 79.1 Å². The molecule has 0 aromatic carbocycles. The number of esters is 1. The van der Waals surface area contributed by atoms with Crippen molar-refractivity contribution in [3.8, 4) is 0 Å². The molecule has 0 spiro atoms. The molecule has 1 aliphatic heterocycles. The summed E-state index contributed by atoms with van der Waals surface area (Å²) in [6, 6.07) is -0.816. The smallest absolute Gasteiger partial charge is 0.408 e. The van der Waals surface area contributed by atoms with Gasteiger partial charge in [-0.1, -0.05) is 25.0 Å². The molecule has 2 amide bonds. The number of aliphatic hydroxyl groups excluding tert-OH is 1. The number of hydrogen-bond donors (Lipinski definition) is 3. The molecule has 2 aliphatic carbocycles. The van der Waals surface area contributed by atoms with E-state index in [0.717, 1.165) is 25.7 Å². The van der Waals surface area contributed by atoms with Crippen molar-refractivity contribution >= 4 is 23.8 Å². The summed E-state index contributed by atoms with van der Waals surface area (Å²) >= 11 is 0. The summed E-state index contributed by atoms with van der Waals surface area (Å²) in [5, 5.41) is 16.0. The molecule has 35 heavy (non-hydrogen) atoms. The number of rotatable bonds is 3. The second kappa shape index (κ2) is 11.1. The van der Waals surface area contributed by atoms with Crippen LogP contribution in [-0.2, 0) is 23.9 Å². The van der Waals surface area contributed by atoms with Crippen LogP contribution in [0.2, 0.25) is 0 Å². The number of allylic oxidation sites excluding steroid dienone is 1. The maximum atomic E-state index is 13.6. The van der Waals surface area contributed by atoms with Gasteiger partial charge in [0.15, 0.2) is 5.78 Å². The predicted octanol–water partition coefficient (Wildman–Crippen LogP) is 2.79. The topological polar surface area (TPSA) is 131 Å². The number of carbonyl (C=O) groups excluding carboxylic acids is 4. The van der Waals surface area contributed by atoms with E-state index in [9.17, 15) is 24.3 Å². The Kier molecular flexibility index (Phi) is 8.62. The van der Waals surface area contributed by atoms with E-state index in [1.165, 1.54) is 0 Å². The van der Waals surface area contributed by atoms with Crippen molar-refractivity contribution < 1.29 is 33.8 Å². The van der Waals surface area contributed by atoms with Gasteiger partial charge in [0.25, 0.3) is 0 Å². The van der Waals surface area contributed by atoms with Crippen molar-refractivity contribution in [3.63, 3.8) is 0 Å². The number of ether oxygens (including phenoxy) is 2. The Hall–Kier alpha value is -2.42. The van der Waals surface area contributed by atoms with Crippen LogP contribution >= 0.6 is 0 Å². The van der Waals surface area contributed by atoms with Crippen LogP contribution in [0.5, 0.6) is 0 Å². The highest BCUT2D eigenvalue weighted by Crippen LogP contribution is 2.47. The zero-order valence-electron chi connectivity index (χ0n) is 21.3. The molecular formula is C26H40N2O7. The summed E-state index contributed by atoms with van der Waals surface area (Å²) in [6.07, 6.45) is 6.96. The number of Topliss-reactive ketones (excluding diaryl/α,β-unsaturated/α-hetero) is 1. The van der Waals surface area contributed by atoms with Gasteiger partial charge in [-0.2, -0.15) is 0 Å². The fraction of sp³-hybridized carbons (Fsp3) is 0.769. The van der Waals surface area contributed by atoms with Crippen molar-refractivity contribution in [2.24, 2.45) is 17.8 Å². The maximum absolute atomic E-state index is 13.6. The van der Waals surface area contributed by atoms with Crippen LogP contribution in [0.4, 0.5) is 4.79 Å². The van der Waals surface area contributed by atoms with E-state index in [4.69, 9.17) is 9.47 Å². The minimum atomic E-state index is -1.13. The third kappa shape index (κ3) is 6.84. The van der Waals surface area contributed by atoms with Crippen molar-refractivity contribution in [1.29, 1.82) is 0 Å². The van der Waals surface area contributed by atoms with Crippen molar-refractivity contribution in [3.05, 3.63) is 12.2 Å². The standard InChI is InChI=1S/C26H40N2O7/c1-5-34-23(32)26-15-16(26)11-9-7-6-8-10-12-20(27-24(33)35-25(2,3)4)21(30)18-13-17(29)14-19(18)22(31)28-26/h9,11,16-20,29H,5-8,10,12-15H2,1-4H3,(H,27,33)(H,28,31)/t16-,17+,18?,19-,20+,26-/m1/s1. The zero-order chi connectivity index (χ0) is 25.8. The molecule has 0 radical (unpaired) electrons. The number of alkyl carbamates (subject to hydrolysis) is 1. The Bertz CT molecular complexity index is 849. The largest absolute Gasteiger partial charge is 0.464 e. The lowest BCUT2D eigenvalue weighted by atomic mass is 9.86. The minimum Gasteiger partial charge on any atom is -0.464 e. The second-order valence-corrected chi connectivity index (χ2v) is 11.0. The van der Waals surface area contributed by atoms with Crippen molar-refractivity contribution in [1.82, 2.24) is 10.6 Å². The van der Waals surface area contributed by atoms with Gasteiger partial charge in [-0.05, 0) is 66.2 Å². The fourth-order valence-corrected chi connectivity index (χ4v) is 5.18. The number of aliphatic hydroxyl groups is 1. The van der Waals surface area contributed by atoms with Crippen LogP contribution in [0.15, 0.2) is 12.2 Å². The molecule has 0 bridgehead atoms. The SMILES string of the molecule is CCOC(=O)[C@@]12C[C@H]1C=CCCCCC[C@H](NC(=O)OC(C)(C)C)C(=O)C1C[C@H](O)C[C@H]1C(=O)N2. The highest BCUT2D eigenvalue weighted by molar-refractivity contribution is 5.97. The monoisotopic (exact) mass is 492 g/mol. The third-order valence-corrected chi connectivity index (χ3v) is 7.01. The van der Waals surface area contributed by atoms with Crippen LogP contribution in [0, 0.1) is 17.8 Å². The van der Waals surface area contributed by atoms with Gasteiger partial charge in [0.1, 0.15) is 11.1 Å². The quantitative estimate of drug-likeness (QED) is 0.408. The molecule has 9 heteroatoms. The number of hydrogen-bond acceptors (Lipinski definition) is 7. The number of amides is 2. The van der Waals surface area contributed by atoms with Gasteiger partial charge in [-0.15, -0.1) is 0 Å². The predicted molar refractivity (Wildman–Crippen MR) is 128 cm³/mol. The molecule has 9 nitrogen and oxygen atoms in total. The van der Waals surface area contributed by atoms with E-state index in [1.54, 1.807) is 27.7 Å². The van der Waals surface area contributed by atoms with Crippen LogP contribution in [0.3, 0.4) is 0 Å². The Labute approximate surface area is 207 Å². The minimum absolute atomic E-state index is 0.126. The highest BCUT2D eigenvalue weighted by Gasteiger charge is 2.62. The average Bonchev–Trinajstić information content (AvgIpc) is 3.30. The molecule has 6 atom stereocenters. The first kappa shape index (κ1) is 27.2. The number of fused-ring (bicyclic) bond motifs is 2. The molecule has 2 saturated carbocycles. The number of nitrogens with one attached hydrogen (secondary N) is 2. The molecular weight excluding hydrogens is 452 g/mol. The summed E-state index contributed by atoms with van der Waals surface area (Å²) in [4.78, 5) is 52.2. The molecule has 196 valence electrons. The zero-order valence-corrected chi connectivity index (χ0v) is 21.3. The van der Waals surface area contributed by atoms with Gasteiger partial charge in [0.05, 0.1) is 24.7 Å². The summed E-state index contributed by atoms with van der Waals surface area (Å²) in [5.74, 6) is -2.90. The highest BCUT2D eigenvalue weighted by atomic mass is 16.6. The first-order valence-electron chi connectivity index (χ1n) is 12.8. The van der Waals surface area contributed by atoms with Gasteiger partial charge >= 0.3 is 12.1 Å². The Balaban J connectivity index is 1.84. The van der Waals surface area contributed by atoms with E-state index in [-0.39, 0.29) is 31.1 Å². The Morgan fingerprint density at radius 1 is 1.17 bits per heavy atom. The Morgan fingerprint density at radius 3 is 2.57 bits per heavy atom. The summed E-state index contributed by atoms with van der Waals surface area (Å²) in [7, 11) is 0. The molecule has 0 saturated heterocycles. The van der Waals surface area contributed by atoms with Crippen LogP contribution in [0.25, 0.3) is 0 Å². The van der Waals surface area contributed by atoms with Gasteiger partial charge in [0.2, 0.25) is 5.91 Å². The second-order valence-electron chi connectivity index (χ2n) is 11.0. The average molecular weight is 493 g/mol. The van der Waals surface area contributed by atoms with Crippen LogP contribution < -0.4 is 10.6 Å². The third-order valence-electron chi connectivity index (χ3n) is 7.01. The molecule has 0 aromatic rings. The molecule has 1 unspecified atom stereocenters. The first-order chi connectivity index (χ1) is 16.5. The van der Waals surface area contributed by atoms with E-state index in [2.05, 4.69) is 10.6 Å². The fourth-order valence-electron chi connectivity index (χ4n) is 5.18.